The minimum absolute atomic E-state index is 0.128. The van der Waals surface area contributed by atoms with E-state index in [9.17, 15) is 4.79 Å². The minimum atomic E-state index is -0.128. The predicted molar refractivity (Wildman–Crippen MR) is 88.5 cm³/mol. The summed E-state index contributed by atoms with van der Waals surface area (Å²) in [7, 11) is 0. The number of carbonyl (C=O) groups excluding carboxylic acids is 1. The number of carbonyl (C=O) groups is 1. The predicted octanol–water partition coefficient (Wildman–Crippen LogP) is 4.59. The van der Waals surface area contributed by atoms with Gasteiger partial charge in [0.25, 0.3) is 5.91 Å². The van der Waals surface area contributed by atoms with E-state index in [1.54, 1.807) is 24.3 Å². The maximum absolute atomic E-state index is 12.0. The van der Waals surface area contributed by atoms with Crippen molar-refractivity contribution < 1.29 is 4.79 Å². The zero-order valence-corrected chi connectivity index (χ0v) is 13.8. The Morgan fingerprint density at radius 3 is 2.44 bits per heavy atom. The lowest BCUT2D eigenvalue weighted by atomic mass is 10.2. The standard InChI is InChI=1S/C13H9BrINOS/c14-11-7-9(3-6-12(11)15)16-13(17)8-1-4-10(18)5-2-8/h1-7,18H,(H,16,17). The van der Waals surface area contributed by atoms with Gasteiger partial charge in [-0.3, -0.25) is 4.79 Å². The van der Waals surface area contributed by atoms with Crippen LogP contribution in [0.2, 0.25) is 0 Å². The van der Waals surface area contributed by atoms with Gasteiger partial charge < -0.3 is 5.32 Å². The molecule has 92 valence electrons. The molecule has 2 aromatic rings. The van der Waals surface area contributed by atoms with E-state index in [1.165, 1.54) is 0 Å². The van der Waals surface area contributed by atoms with Gasteiger partial charge >= 0.3 is 0 Å². The maximum Gasteiger partial charge on any atom is 0.255 e. The second-order valence-corrected chi connectivity index (χ2v) is 6.16. The van der Waals surface area contributed by atoms with Gasteiger partial charge in [-0.15, -0.1) is 12.6 Å². The summed E-state index contributed by atoms with van der Waals surface area (Å²) in [6.45, 7) is 0. The van der Waals surface area contributed by atoms with Gasteiger partial charge in [-0.2, -0.15) is 0 Å². The Balaban J connectivity index is 2.16. The van der Waals surface area contributed by atoms with Crippen LogP contribution in [0.3, 0.4) is 0 Å². The molecule has 0 aliphatic carbocycles. The van der Waals surface area contributed by atoms with Crippen LogP contribution >= 0.6 is 51.1 Å². The monoisotopic (exact) mass is 433 g/mol. The van der Waals surface area contributed by atoms with Crippen LogP contribution in [0.5, 0.6) is 0 Å². The van der Waals surface area contributed by atoms with Crippen molar-refractivity contribution in [1.82, 2.24) is 0 Å². The summed E-state index contributed by atoms with van der Waals surface area (Å²) in [4.78, 5) is 12.8. The topological polar surface area (TPSA) is 29.1 Å². The van der Waals surface area contributed by atoms with Gasteiger partial charge in [-0.1, -0.05) is 0 Å². The molecule has 2 rings (SSSR count). The molecule has 0 unspecified atom stereocenters. The molecule has 0 aliphatic heterocycles. The fourth-order valence-electron chi connectivity index (χ4n) is 1.39. The lowest BCUT2D eigenvalue weighted by molar-refractivity contribution is 0.102. The molecule has 18 heavy (non-hydrogen) atoms. The quantitative estimate of drug-likeness (QED) is 0.526. The van der Waals surface area contributed by atoms with Crippen molar-refractivity contribution in [2.75, 3.05) is 5.32 Å². The summed E-state index contributed by atoms with van der Waals surface area (Å²) < 4.78 is 2.07. The van der Waals surface area contributed by atoms with E-state index >= 15 is 0 Å². The van der Waals surface area contributed by atoms with E-state index in [1.807, 2.05) is 18.2 Å². The first kappa shape index (κ1) is 13.9. The molecule has 0 radical (unpaired) electrons. The van der Waals surface area contributed by atoms with Crippen molar-refractivity contribution in [3.05, 3.63) is 56.1 Å². The van der Waals surface area contributed by atoms with E-state index < -0.39 is 0 Å². The van der Waals surface area contributed by atoms with Gasteiger partial charge in [0.05, 0.1) is 0 Å². The minimum Gasteiger partial charge on any atom is -0.322 e. The normalized spacial score (nSPS) is 10.2. The summed E-state index contributed by atoms with van der Waals surface area (Å²) >= 11 is 9.84. The van der Waals surface area contributed by atoms with Crippen molar-refractivity contribution in [2.45, 2.75) is 4.90 Å². The van der Waals surface area contributed by atoms with Gasteiger partial charge in [0.15, 0.2) is 0 Å². The number of hydrogen-bond donors (Lipinski definition) is 2. The van der Waals surface area contributed by atoms with E-state index in [0.29, 0.717) is 5.56 Å². The van der Waals surface area contributed by atoms with Crippen LogP contribution in [0.25, 0.3) is 0 Å². The third kappa shape index (κ3) is 3.49. The molecule has 5 heteroatoms. The smallest absolute Gasteiger partial charge is 0.255 e. The number of hydrogen-bond acceptors (Lipinski definition) is 2. The summed E-state index contributed by atoms with van der Waals surface area (Å²) in [6.07, 6.45) is 0. The number of nitrogens with one attached hydrogen (secondary N) is 1. The molecule has 0 saturated carbocycles. The molecule has 0 spiro atoms. The first-order chi connectivity index (χ1) is 8.56. The van der Waals surface area contributed by atoms with Gasteiger partial charge in [-0.25, -0.2) is 0 Å². The second kappa shape index (κ2) is 6.08. The van der Waals surface area contributed by atoms with Crippen molar-refractivity contribution in [3.8, 4) is 0 Å². The Bertz CT molecular complexity index is 586. The van der Waals surface area contributed by atoms with Crippen LogP contribution in [0, 0.1) is 3.57 Å². The summed E-state index contributed by atoms with van der Waals surface area (Å²) in [6, 6.07) is 12.8. The zero-order chi connectivity index (χ0) is 13.1. The number of rotatable bonds is 2. The average Bonchev–Trinajstić information content (AvgIpc) is 2.34. The fraction of sp³-hybridized carbons (Fsp3) is 0. The Labute approximate surface area is 133 Å². The van der Waals surface area contributed by atoms with Crippen molar-refractivity contribution in [2.24, 2.45) is 0 Å². The highest BCUT2D eigenvalue weighted by Crippen LogP contribution is 2.23. The Morgan fingerprint density at radius 1 is 1.17 bits per heavy atom. The van der Waals surface area contributed by atoms with Crippen LogP contribution < -0.4 is 5.32 Å². The first-order valence-corrected chi connectivity index (χ1v) is 7.43. The Morgan fingerprint density at radius 2 is 1.83 bits per heavy atom. The molecule has 2 nitrogen and oxygen atoms in total. The lowest BCUT2D eigenvalue weighted by Crippen LogP contribution is -2.11. The molecule has 0 atom stereocenters. The molecule has 1 amide bonds. The van der Waals surface area contributed by atoms with Crippen LogP contribution in [0.4, 0.5) is 5.69 Å². The molecule has 2 aromatic carbocycles. The van der Waals surface area contributed by atoms with Crippen LogP contribution in [0.1, 0.15) is 10.4 Å². The molecule has 1 N–H and O–H groups in total. The number of halogens is 2. The Hall–Kier alpha value is -0.530. The number of benzene rings is 2. The van der Waals surface area contributed by atoms with Gasteiger partial charge in [0, 0.05) is 24.2 Å². The lowest BCUT2D eigenvalue weighted by Gasteiger charge is -2.06. The largest absolute Gasteiger partial charge is 0.322 e. The van der Waals surface area contributed by atoms with Gasteiger partial charge in [0.1, 0.15) is 0 Å². The molecule has 0 fully saturated rings. The highest BCUT2D eigenvalue weighted by Gasteiger charge is 2.06. The van der Waals surface area contributed by atoms with E-state index in [0.717, 1.165) is 18.6 Å². The van der Waals surface area contributed by atoms with Crippen LogP contribution in [-0.4, -0.2) is 5.91 Å². The molecular formula is C13H9BrINOS. The maximum atomic E-state index is 12.0. The van der Waals surface area contributed by atoms with E-state index in [4.69, 9.17) is 0 Å². The third-order valence-electron chi connectivity index (χ3n) is 2.31. The molecule has 0 saturated heterocycles. The molecule has 0 aromatic heterocycles. The number of thiol groups is 1. The van der Waals surface area contributed by atoms with Crippen molar-refractivity contribution >= 4 is 62.7 Å². The van der Waals surface area contributed by atoms with Gasteiger partial charge in [0.2, 0.25) is 0 Å². The number of anilines is 1. The number of amides is 1. The average molecular weight is 434 g/mol. The summed E-state index contributed by atoms with van der Waals surface area (Å²) in [5.41, 5.74) is 1.38. The molecule has 0 bridgehead atoms. The van der Waals surface area contributed by atoms with E-state index in [-0.39, 0.29) is 5.91 Å². The SMILES string of the molecule is O=C(Nc1ccc(I)c(Br)c1)c1ccc(S)cc1. The van der Waals surface area contributed by atoms with E-state index in [2.05, 4.69) is 56.5 Å². The van der Waals surface area contributed by atoms with Crippen LogP contribution in [0.15, 0.2) is 51.8 Å². The first-order valence-electron chi connectivity index (χ1n) is 5.12. The van der Waals surface area contributed by atoms with Crippen molar-refractivity contribution in [3.63, 3.8) is 0 Å². The van der Waals surface area contributed by atoms with Crippen LogP contribution in [-0.2, 0) is 0 Å². The van der Waals surface area contributed by atoms with Crippen molar-refractivity contribution in [1.29, 1.82) is 0 Å². The summed E-state index contributed by atoms with van der Waals surface area (Å²) in [5.74, 6) is -0.128. The second-order valence-electron chi connectivity index (χ2n) is 3.63. The highest BCUT2D eigenvalue weighted by molar-refractivity contribution is 14.1. The molecular weight excluding hydrogens is 425 g/mol. The molecule has 0 heterocycles. The fourth-order valence-corrected chi connectivity index (χ4v) is 2.25. The summed E-state index contributed by atoms with van der Waals surface area (Å²) in [5, 5.41) is 2.85. The molecule has 0 aliphatic rings. The zero-order valence-electron chi connectivity index (χ0n) is 9.15. The highest BCUT2D eigenvalue weighted by atomic mass is 127. The van der Waals surface area contributed by atoms with Gasteiger partial charge in [-0.05, 0) is 81.0 Å². The Kier molecular flexibility index (Phi) is 4.69. The third-order valence-corrected chi connectivity index (χ3v) is 4.94.